The van der Waals surface area contributed by atoms with Crippen molar-refractivity contribution < 1.29 is 36.2 Å². The van der Waals surface area contributed by atoms with Gasteiger partial charge in [0.25, 0.3) is 0 Å². The zero-order valence-corrected chi connectivity index (χ0v) is 26.3. The largest absolute Gasteiger partial charge is 0.497 e. The maximum atomic E-state index is 13.8. The molecular formula is C29H41N3O8S2. The number of aliphatic hydroxyl groups is 1. The highest BCUT2D eigenvalue weighted by Gasteiger charge is 2.35. The zero-order valence-electron chi connectivity index (χ0n) is 24.7. The fourth-order valence-electron chi connectivity index (χ4n) is 4.41. The molecular weight excluding hydrogens is 582 g/mol. The Morgan fingerprint density at radius 3 is 2.26 bits per heavy atom. The average molecular weight is 624 g/mol. The number of carbonyl (C=O) groups excluding carboxylic acids is 1. The molecule has 2 rings (SSSR count). The lowest BCUT2D eigenvalue weighted by Crippen LogP contribution is -2.52. The minimum Gasteiger partial charge on any atom is -0.497 e. The lowest BCUT2D eigenvalue weighted by molar-refractivity contribution is 0.0757. The molecule has 2 unspecified atom stereocenters. The number of nitriles is 1. The molecule has 42 heavy (non-hydrogen) atoms. The van der Waals surface area contributed by atoms with Gasteiger partial charge in [-0.15, -0.1) is 0 Å². The number of nitrogens with one attached hydrogen (secondary N) is 1. The fourth-order valence-corrected chi connectivity index (χ4v) is 6.98. The molecule has 0 saturated heterocycles. The van der Waals surface area contributed by atoms with Crippen molar-refractivity contribution in [2.24, 2.45) is 5.41 Å². The summed E-state index contributed by atoms with van der Waals surface area (Å²) in [6.45, 7) is 4.74. The Balaban J connectivity index is 2.39. The number of sulfonamides is 1. The van der Waals surface area contributed by atoms with E-state index in [0.29, 0.717) is 12.2 Å². The zero-order chi connectivity index (χ0) is 31.6. The van der Waals surface area contributed by atoms with E-state index in [1.807, 2.05) is 19.9 Å². The number of ether oxygens (including phenoxy) is 2. The van der Waals surface area contributed by atoms with E-state index in [1.165, 1.54) is 38.3 Å². The van der Waals surface area contributed by atoms with Crippen LogP contribution in [0, 0.1) is 16.7 Å². The summed E-state index contributed by atoms with van der Waals surface area (Å²) >= 11 is 0. The van der Waals surface area contributed by atoms with E-state index in [1.54, 1.807) is 24.3 Å². The summed E-state index contributed by atoms with van der Waals surface area (Å²) in [4.78, 5) is 12.7. The number of rotatable bonds is 16. The quantitative estimate of drug-likeness (QED) is 0.286. The Morgan fingerprint density at radius 1 is 1.10 bits per heavy atom. The minimum absolute atomic E-state index is 0.00595. The van der Waals surface area contributed by atoms with Gasteiger partial charge < -0.3 is 19.9 Å². The van der Waals surface area contributed by atoms with E-state index in [0.717, 1.165) is 16.1 Å². The van der Waals surface area contributed by atoms with Crippen LogP contribution in [0.4, 0.5) is 4.79 Å². The third-order valence-electron chi connectivity index (χ3n) is 6.52. The first kappa shape index (κ1) is 35.0. The first-order valence-electron chi connectivity index (χ1n) is 13.4. The molecule has 0 aromatic heterocycles. The molecule has 0 aliphatic rings. The second kappa shape index (κ2) is 15.3. The smallest absolute Gasteiger partial charge is 0.407 e. The molecule has 1 amide bonds. The van der Waals surface area contributed by atoms with Crippen LogP contribution in [0.25, 0.3) is 0 Å². The van der Waals surface area contributed by atoms with E-state index in [4.69, 9.17) is 14.7 Å². The third kappa shape index (κ3) is 11.6. The Morgan fingerprint density at radius 2 is 1.71 bits per heavy atom. The van der Waals surface area contributed by atoms with Crippen molar-refractivity contribution in [3.8, 4) is 11.8 Å². The van der Waals surface area contributed by atoms with E-state index >= 15 is 0 Å². The van der Waals surface area contributed by atoms with Crippen LogP contribution in [-0.4, -0.2) is 82.8 Å². The maximum absolute atomic E-state index is 13.8. The van der Waals surface area contributed by atoms with E-state index in [9.17, 15) is 26.7 Å². The van der Waals surface area contributed by atoms with Crippen molar-refractivity contribution in [1.29, 1.82) is 5.26 Å². The van der Waals surface area contributed by atoms with Crippen molar-refractivity contribution in [3.05, 3.63) is 60.2 Å². The van der Waals surface area contributed by atoms with Crippen LogP contribution in [0.15, 0.2) is 59.5 Å². The van der Waals surface area contributed by atoms with E-state index in [2.05, 4.69) is 11.4 Å². The Kier molecular flexibility index (Phi) is 12.8. The van der Waals surface area contributed by atoms with E-state index in [-0.39, 0.29) is 36.6 Å². The summed E-state index contributed by atoms with van der Waals surface area (Å²) in [5.41, 5.74) is 0.155. The summed E-state index contributed by atoms with van der Waals surface area (Å²) in [6, 6.07) is 16.0. The number of methoxy groups -OCH3 is 1. The van der Waals surface area contributed by atoms with Gasteiger partial charge in [-0.2, -0.15) is 9.57 Å². The van der Waals surface area contributed by atoms with Crippen molar-refractivity contribution in [2.45, 2.75) is 63.2 Å². The highest BCUT2D eigenvalue weighted by Crippen LogP contribution is 2.28. The summed E-state index contributed by atoms with van der Waals surface area (Å²) < 4.78 is 62.4. The van der Waals surface area contributed by atoms with E-state index < -0.39 is 49.6 Å². The number of sulfone groups is 1. The molecule has 13 heteroatoms. The van der Waals surface area contributed by atoms with Gasteiger partial charge in [0.2, 0.25) is 10.0 Å². The van der Waals surface area contributed by atoms with Gasteiger partial charge in [0.1, 0.15) is 11.9 Å². The van der Waals surface area contributed by atoms with Crippen molar-refractivity contribution in [2.75, 3.05) is 32.2 Å². The molecule has 2 aromatic carbocycles. The number of carbonyl (C=O) groups is 1. The Hall–Kier alpha value is -3.18. The number of hydrogen-bond acceptors (Lipinski definition) is 9. The molecule has 0 saturated carbocycles. The number of nitrogens with zero attached hydrogens (tertiary/aromatic N) is 2. The molecule has 232 valence electrons. The van der Waals surface area contributed by atoms with Gasteiger partial charge in [-0.1, -0.05) is 44.2 Å². The lowest BCUT2D eigenvalue weighted by atomic mass is 9.88. The number of alkyl carbamates (subject to hydrolysis) is 1. The fraction of sp³-hybridized carbons (Fsp3) is 0.517. The van der Waals surface area contributed by atoms with Gasteiger partial charge in [0.15, 0.2) is 9.84 Å². The molecule has 0 fully saturated rings. The van der Waals surface area contributed by atoms with Crippen molar-refractivity contribution >= 4 is 26.0 Å². The number of amides is 1. The topological polar surface area (TPSA) is 163 Å². The molecule has 0 bridgehead atoms. The SMILES string of the molecule is COc1ccc(S(=O)(=O)N(C[C@@H](O)C(Cc2ccccc2)NC(=O)OC(C)CS(C)(=O)=O)CC(C)(C)CCC#N)cc1. The number of benzene rings is 2. The summed E-state index contributed by atoms with van der Waals surface area (Å²) in [5, 5.41) is 23.1. The molecule has 0 heterocycles. The van der Waals surface area contributed by atoms with Crippen LogP contribution in [0.2, 0.25) is 0 Å². The maximum Gasteiger partial charge on any atom is 0.407 e. The highest BCUT2D eigenvalue weighted by atomic mass is 32.2. The van der Waals surface area contributed by atoms with Crippen LogP contribution >= 0.6 is 0 Å². The van der Waals surface area contributed by atoms with Crippen LogP contribution in [0.5, 0.6) is 5.75 Å². The van der Waals surface area contributed by atoms with Crippen molar-refractivity contribution in [1.82, 2.24) is 9.62 Å². The molecule has 0 radical (unpaired) electrons. The molecule has 2 aromatic rings. The predicted molar refractivity (Wildman–Crippen MR) is 159 cm³/mol. The second-order valence-corrected chi connectivity index (χ2v) is 15.2. The lowest BCUT2D eigenvalue weighted by Gasteiger charge is -2.34. The van der Waals surface area contributed by atoms with Gasteiger partial charge in [0, 0.05) is 25.8 Å². The summed E-state index contributed by atoms with van der Waals surface area (Å²) in [5.74, 6) is 0.100. The molecule has 0 aliphatic carbocycles. The Labute approximate surface area is 249 Å². The summed E-state index contributed by atoms with van der Waals surface area (Å²) in [6.07, 6.45) is -1.45. The van der Waals surface area contributed by atoms with Crippen LogP contribution in [-0.2, 0) is 31.0 Å². The van der Waals surface area contributed by atoms with Crippen LogP contribution < -0.4 is 10.1 Å². The monoisotopic (exact) mass is 623 g/mol. The first-order chi connectivity index (χ1) is 19.6. The second-order valence-electron chi connectivity index (χ2n) is 11.1. The van der Waals surface area contributed by atoms with Crippen LogP contribution in [0.3, 0.4) is 0 Å². The van der Waals surface area contributed by atoms with Gasteiger partial charge in [-0.25, -0.2) is 21.6 Å². The number of hydrogen-bond donors (Lipinski definition) is 2. The van der Waals surface area contributed by atoms with Crippen LogP contribution in [0.1, 0.15) is 39.2 Å². The first-order valence-corrected chi connectivity index (χ1v) is 16.9. The van der Waals surface area contributed by atoms with Gasteiger partial charge in [-0.3, -0.25) is 0 Å². The number of aliphatic hydroxyl groups excluding tert-OH is 1. The third-order valence-corrected chi connectivity index (χ3v) is 9.42. The van der Waals surface area contributed by atoms with Gasteiger partial charge in [0.05, 0.1) is 36.0 Å². The standard InChI is InChI=1S/C29H41N3O8S2/c1-22(20-41(5,35)36)40-28(34)31-26(18-23-10-7-6-8-11-23)27(33)19-32(21-29(2,3)16-9-17-30)42(37,38)25-14-12-24(39-4)13-15-25/h6-8,10-15,22,26-27,33H,9,16,18-21H2,1-5H3,(H,31,34)/t22?,26?,27-/m1/s1. The van der Waals surface area contributed by atoms with Gasteiger partial charge in [-0.05, 0) is 55.0 Å². The summed E-state index contributed by atoms with van der Waals surface area (Å²) in [7, 11) is -6.07. The molecule has 0 spiro atoms. The highest BCUT2D eigenvalue weighted by molar-refractivity contribution is 7.90. The minimum atomic E-state index is -4.13. The van der Waals surface area contributed by atoms with Crippen molar-refractivity contribution in [3.63, 3.8) is 0 Å². The predicted octanol–water partition coefficient (Wildman–Crippen LogP) is 3.15. The average Bonchev–Trinajstić information content (AvgIpc) is 2.90. The van der Waals surface area contributed by atoms with Gasteiger partial charge >= 0.3 is 6.09 Å². The normalized spacial score (nSPS) is 14.4. The molecule has 11 nitrogen and oxygen atoms in total. The molecule has 3 atom stereocenters. The molecule has 0 aliphatic heterocycles. The Bertz CT molecular complexity index is 1410. The molecule has 2 N–H and O–H groups in total.